The van der Waals surface area contributed by atoms with Gasteiger partial charge in [-0.1, -0.05) is 36.4 Å². The van der Waals surface area contributed by atoms with Crippen molar-refractivity contribution >= 4 is 11.9 Å². The second-order valence-electron chi connectivity index (χ2n) is 6.29. The van der Waals surface area contributed by atoms with Crippen molar-refractivity contribution in [3.8, 4) is 5.75 Å². The third-order valence-electron chi connectivity index (χ3n) is 4.72. The molecule has 0 aromatic heterocycles. The molecule has 5 heteroatoms. The Balaban J connectivity index is 1.62. The van der Waals surface area contributed by atoms with Crippen molar-refractivity contribution in [2.75, 3.05) is 13.7 Å². The van der Waals surface area contributed by atoms with Crippen molar-refractivity contribution in [2.45, 2.75) is 24.7 Å². The first-order valence-electron chi connectivity index (χ1n) is 8.31. The molecule has 0 bridgehead atoms. The molecule has 0 aliphatic heterocycles. The molecule has 5 nitrogen and oxygen atoms in total. The Bertz CT molecular complexity index is 782. The molecule has 25 heavy (non-hydrogen) atoms. The van der Waals surface area contributed by atoms with Crippen molar-refractivity contribution in [3.05, 3.63) is 65.2 Å². The number of nitrogens with one attached hydrogen (secondary N) is 1. The largest absolute Gasteiger partial charge is 0.496 e. The van der Waals surface area contributed by atoms with E-state index in [1.807, 2.05) is 30.3 Å². The van der Waals surface area contributed by atoms with Crippen molar-refractivity contribution < 1.29 is 19.4 Å². The summed E-state index contributed by atoms with van der Waals surface area (Å²) in [6.07, 6.45) is 2.33. The van der Waals surface area contributed by atoms with Crippen molar-refractivity contribution in [3.63, 3.8) is 0 Å². The lowest BCUT2D eigenvalue weighted by Gasteiger charge is -2.16. The maximum Gasteiger partial charge on any atom is 0.335 e. The van der Waals surface area contributed by atoms with Gasteiger partial charge in [0, 0.05) is 6.54 Å². The number of benzene rings is 2. The molecule has 2 aromatic carbocycles. The van der Waals surface area contributed by atoms with Crippen LogP contribution in [0.3, 0.4) is 0 Å². The first kappa shape index (κ1) is 17.0. The van der Waals surface area contributed by atoms with Gasteiger partial charge in [-0.15, -0.1) is 0 Å². The molecule has 2 aromatic rings. The number of hydrogen-bond acceptors (Lipinski definition) is 3. The van der Waals surface area contributed by atoms with Crippen LogP contribution in [0.1, 0.15) is 34.3 Å². The number of hydrogen-bond donors (Lipinski definition) is 2. The van der Waals surface area contributed by atoms with Gasteiger partial charge in [-0.05, 0) is 42.5 Å². The Morgan fingerprint density at radius 2 is 1.88 bits per heavy atom. The molecule has 0 unspecified atom stereocenters. The topological polar surface area (TPSA) is 75.6 Å². The van der Waals surface area contributed by atoms with E-state index in [0.29, 0.717) is 18.7 Å². The minimum Gasteiger partial charge on any atom is -0.496 e. The first-order valence-corrected chi connectivity index (χ1v) is 8.31. The van der Waals surface area contributed by atoms with Gasteiger partial charge in [0.25, 0.3) is 0 Å². The number of methoxy groups -OCH3 is 1. The Hall–Kier alpha value is -2.82. The maximum absolute atomic E-state index is 12.6. The third-order valence-corrected chi connectivity index (χ3v) is 4.72. The Labute approximate surface area is 146 Å². The summed E-state index contributed by atoms with van der Waals surface area (Å²) in [6, 6.07) is 14.7. The first-order chi connectivity index (χ1) is 12.1. The van der Waals surface area contributed by atoms with E-state index < -0.39 is 5.97 Å². The van der Waals surface area contributed by atoms with Crippen LogP contribution in [0.5, 0.6) is 5.75 Å². The van der Waals surface area contributed by atoms with Crippen LogP contribution < -0.4 is 10.1 Å². The van der Waals surface area contributed by atoms with E-state index in [9.17, 15) is 9.59 Å². The zero-order valence-corrected chi connectivity index (χ0v) is 14.1. The van der Waals surface area contributed by atoms with E-state index in [2.05, 4.69) is 5.32 Å². The SMILES string of the molecule is COc1cc(C(=O)O)ccc1CCNC(=O)C1(c2ccccc2)CC1. The molecular formula is C20H21NO4. The lowest BCUT2D eigenvalue weighted by molar-refractivity contribution is -0.123. The van der Waals surface area contributed by atoms with E-state index in [1.165, 1.54) is 13.2 Å². The van der Waals surface area contributed by atoms with Gasteiger partial charge in [-0.25, -0.2) is 4.79 Å². The van der Waals surface area contributed by atoms with Gasteiger partial charge in [0.05, 0.1) is 18.1 Å². The van der Waals surface area contributed by atoms with Gasteiger partial charge in [-0.3, -0.25) is 4.79 Å². The molecule has 1 aliphatic carbocycles. The molecule has 0 radical (unpaired) electrons. The molecular weight excluding hydrogens is 318 g/mol. The van der Waals surface area contributed by atoms with Gasteiger partial charge < -0.3 is 15.2 Å². The molecule has 1 amide bonds. The summed E-state index contributed by atoms with van der Waals surface area (Å²) >= 11 is 0. The van der Waals surface area contributed by atoms with E-state index in [0.717, 1.165) is 24.0 Å². The number of aromatic carboxylic acids is 1. The quantitative estimate of drug-likeness (QED) is 0.813. The van der Waals surface area contributed by atoms with Crippen LogP contribution >= 0.6 is 0 Å². The molecule has 130 valence electrons. The third kappa shape index (κ3) is 3.50. The fraction of sp³-hybridized carbons (Fsp3) is 0.300. The van der Waals surface area contributed by atoms with Crippen LogP contribution in [0.2, 0.25) is 0 Å². The zero-order valence-electron chi connectivity index (χ0n) is 14.1. The fourth-order valence-electron chi connectivity index (χ4n) is 3.09. The number of carbonyl (C=O) groups is 2. The summed E-state index contributed by atoms with van der Waals surface area (Å²) in [6.45, 7) is 0.482. The Kier molecular flexibility index (Phi) is 4.74. The molecule has 1 saturated carbocycles. The second-order valence-corrected chi connectivity index (χ2v) is 6.29. The summed E-state index contributed by atoms with van der Waals surface area (Å²) in [7, 11) is 1.51. The van der Waals surface area contributed by atoms with Crippen molar-refractivity contribution in [1.82, 2.24) is 5.32 Å². The minimum atomic E-state index is -0.989. The van der Waals surface area contributed by atoms with Gasteiger partial charge in [0.15, 0.2) is 0 Å². The molecule has 0 saturated heterocycles. The highest BCUT2D eigenvalue weighted by molar-refractivity contribution is 5.91. The normalized spacial score (nSPS) is 14.6. The number of ether oxygens (including phenoxy) is 1. The highest BCUT2D eigenvalue weighted by atomic mass is 16.5. The van der Waals surface area contributed by atoms with Gasteiger partial charge >= 0.3 is 5.97 Å². The Morgan fingerprint density at radius 1 is 1.16 bits per heavy atom. The van der Waals surface area contributed by atoms with Gasteiger partial charge in [0.2, 0.25) is 5.91 Å². The predicted molar refractivity (Wildman–Crippen MR) is 94.0 cm³/mol. The van der Waals surface area contributed by atoms with Crippen LogP contribution in [0.25, 0.3) is 0 Å². The zero-order chi connectivity index (χ0) is 17.9. The molecule has 0 heterocycles. The molecule has 1 aliphatic rings. The minimum absolute atomic E-state index is 0.0554. The number of amides is 1. The highest BCUT2D eigenvalue weighted by Gasteiger charge is 2.50. The Morgan fingerprint density at radius 3 is 2.48 bits per heavy atom. The van der Waals surface area contributed by atoms with Crippen molar-refractivity contribution in [1.29, 1.82) is 0 Å². The fourth-order valence-corrected chi connectivity index (χ4v) is 3.09. The summed E-state index contributed by atoms with van der Waals surface area (Å²) in [4.78, 5) is 23.6. The number of carboxylic acid groups (broad SMARTS) is 1. The second kappa shape index (κ2) is 6.97. The summed E-state index contributed by atoms with van der Waals surface area (Å²) < 4.78 is 5.27. The van der Waals surface area contributed by atoms with Crippen LogP contribution in [-0.4, -0.2) is 30.6 Å². The number of rotatable bonds is 7. The van der Waals surface area contributed by atoms with E-state index in [4.69, 9.17) is 9.84 Å². The monoisotopic (exact) mass is 339 g/mol. The molecule has 2 N–H and O–H groups in total. The van der Waals surface area contributed by atoms with E-state index in [1.54, 1.807) is 12.1 Å². The summed E-state index contributed by atoms with van der Waals surface area (Å²) in [5.41, 5.74) is 1.75. The molecule has 1 fully saturated rings. The highest BCUT2D eigenvalue weighted by Crippen LogP contribution is 2.48. The van der Waals surface area contributed by atoms with E-state index in [-0.39, 0.29) is 16.9 Å². The lowest BCUT2D eigenvalue weighted by Crippen LogP contribution is -2.35. The van der Waals surface area contributed by atoms with Crippen LogP contribution in [0.4, 0.5) is 0 Å². The van der Waals surface area contributed by atoms with Gasteiger partial charge in [0.1, 0.15) is 5.75 Å². The van der Waals surface area contributed by atoms with Crippen molar-refractivity contribution in [2.24, 2.45) is 0 Å². The van der Waals surface area contributed by atoms with Crippen LogP contribution in [-0.2, 0) is 16.6 Å². The molecule has 3 rings (SSSR count). The summed E-state index contributed by atoms with van der Waals surface area (Å²) in [5, 5.41) is 12.0. The smallest absolute Gasteiger partial charge is 0.335 e. The molecule has 0 spiro atoms. The standard InChI is InChI=1S/C20H21NO4/c1-25-17-13-15(18(22)23)8-7-14(17)9-12-21-19(24)20(10-11-20)16-5-3-2-4-6-16/h2-8,13H,9-12H2,1H3,(H,21,24)(H,22,23). The number of carboxylic acids is 1. The average molecular weight is 339 g/mol. The van der Waals surface area contributed by atoms with Crippen LogP contribution in [0, 0.1) is 0 Å². The molecule has 0 atom stereocenters. The average Bonchev–Trinajstić information content (AvgIpc) is 3.44. The summed E-state index contributed by atoms with van der Waals surface area (Å²) in [5.74, 6) is -0.408. The van der Waals surface area contributed by atoms with E-state index >= 15 is 0 Å². The lowest BCUT2D eigenvalue weighted by atomic mass is 9.95. The number of carbonyl (C=O) groups excluding carboxylic acids is 1. The predicted octanol–water partition coefficient (Wildman–Crippen LogP) is 2.78. The van der Waals surface area contributed by atoms with Gasteiger partial charge in [-0.2, -0.15) is 0 Å². The maximum atomic E-state index is 12.6. The van der Waals surface area contributed by atoms with Crippen LogP contribution in [0.15, 0.2) is 48.5 Å².